The lowest BCUT2D eigenvalue weighted by atomic mass is 10.1. The summed E-state index contributed by atoms with van der Waals surface area (Å²) in [7, 11) is 0. The molecule has 0 fully saturated rings. The van der Waals surface area contributed by atoms with Crippen LogP contribution < -0.4 is 5.32 Å². The van der Waals surface area contributed by atoms with Gasteiger partial charge < -0.3 is 9.73 Å². The molecular weight excluding hydrogens is 266 g/mol. The second-order valence-corrected chi connectivity index (χ2v) is 5.00. The largest absolute Gasteiger partial charge is 0.453 e. The van der Waals surface area contributed by atoms with Crippen molar-refractivity contribution in [3.63, 3.8) is 0 Å². The third-order valence-corrected chi connectivity index (χ3v) is 3.16. The zero-order chi connectivity index (χ0) is 11.8. The molecule has 1 aromatic rings. The topological polar surface area (TPSA) is 25.2 Å². The van der Waals surface area contributed by atoms with Crippen molar-refractivity contribution in [2.45, 2.75) is 58.5 Å². The molecule has 3 heteroatoms. The average molecular weight is 288 g/mol. The number of rotatable bonds is 8. The van der Waals surface area contributed by atoms with Crippen molar-refractivity contribution < 1.29 is 4.42 Å². The van der Waals surface area contributed by atoms with E-state index in [1.165, 1.54) is 32.1 Å². The van der Waals surface area contributed by atoms with Crippen molar-refractivity contribution >= 4 is 15.9 Å². The van der Waals surface area contributed by atoms with Crippen molar-refractivity contribution in [1.29, 1.82) is 0 Å². The number of nitrogens with one attached hydrogen (secondary N) is 1. The van der Waals surface area contributed by atoms with Gasteiger partial charge in [0.05, 0.1) is 6.54 Å². The smallest absolute Gasteiger partial charge is 0.169 e. The molecule has 1 rings (SSSR count). The minimum atomic E-state index is 0.633. The molecule has 1 aromatic heterocycles. The van der Waals surface area contributed by atoms with E-state index in [9.17, 15) is 0 Å². The van der Waals surface area contributed by atoms with Crippen molar-refractivity contribution in [3.05, 3.63) is 22.6 Å². The maximum atomic E-state index is 5.47. The predicted octanol–water partition coefficient (Wildman–Crippen LogP) is 4.49. The quantitative estimate of drug-likeness (QED) is 0.762. The van der Waals surface area contributed by atoms with E-state index in [0.717, 1.165) is 17.0 Å². The second kappa shape index (κ2) is 7.91. The van der Waals surface area contributed by atoms with Gasteiger partial charge in [0.25, 0.3) is 0 Å². The van der Waals surface area contributed by atoms with E-state index in [1.807, 2.05) is 12.1 Å². The first kappa shape index (κ1) is 13.8. The zero-order valence-corrected chi connectivity index (χ0v) is 11.8. The zero-order valence-electron chi connectivity index (χ0n) is 10.3. The molecule has 0 saturated carbocycles. The fourth-order valence-electron chi connectivity index (χ4n) is 1.84. The van der Waals surface area contributed by atoms with Crippen LogP contribution in [0.15, 0.2) is 21.2 Å². The highest BCUT2D eigenvalue weighted by Crippen LogP contribution is 2.14. The van der Waals surface area contributed by atoms with Crippen LogP contribution in [0.5, 0.6) is 0 Å². The lowest BCUT2D eigenvalue weighted by molar-refractivity contribution is 0.397. The van der Waals surface area contributed by atoms with Gasteiger partial charge in [-0.05, 0) is 40.9 Å². The van der Waals surface area contributed by atoms with E-state index in [2.05, 4.69) is 35.1 Å². The van der Waals surface area contributed by atoms with Crippen molar-refractivity contribution in [1.82, 2.24) is 5.32 Å². The summed E-state index contributed by atoms with van der Waals surface area (Å²) >= 11 is 3.32. The Balaban J connectivity index is 2.30. The first-order valence-corrected chi connectivity index (χ1v) is 7.03. The predicted molar refractivity (Wildman–Crippen MR) is 71.5 cm³/mol. The SMILES string of the molecule is CCCCC(CCC)NCc1ccc(Br)o1. The monoisotopic (exact) mass is 287 g/mol. The summed E-state index contributed by atoms with van der Waals surface area (Å²) in [5.74, 6) is 1.00. The van der Waals surface area contributed by atoms with E-state index >= 15 is 0 Å². The maximum absolute atomic E-state index is 5.47. The van der Waals surface area contributed by atoms with Gasteiger partial charge in [-0.25, -0.2) is 0 Å². The van der Waals surface area contributed by atoms with Crippen molar-refractivity contribution in [2.24, 2.45) is 0 Å². The molecule has 0 aliphatic rings. The Morgan fingerprint density at radius 2 is 2.06 bits per heavy atom. The summed E-state index contributed by atoms with van der Waals surface area (Å²) in [4.78, 5) is 0. The van der Waals surface area contributed by atoms with E-state index in [-0.39, 0.29) is 0 Å². The van der Waals surface area contributed by atoms with Gasteiger partial charge in [-0.2, -0.15) is 0 Å². The normalized spacial score (nSPS) is 12.9. The molecule has 2 nitrogen and oxygen atoms in total. The van der Waals surface area contributed by atoms with Gasteiger partial charge in [0.15, 0.2) is 4.67 Å². The Hall–Kier alpha value is -0.280. The van der Waals surface area contributed by atoms with Gasteiger partial charge in [-0.3, -0.25) is 0 Å². The number of hydrogen-bond donors (Lipinski definition) is 1. The Morgan fingerprint density at radius 1 is 1.25 bits per heavy atom. The van der Waals surface area contributed by atoms with Gasteiger partial charge in [-0.15, -0.1) is 0 Å². The molecule has 0 bridgehead atoms. The number of unbranched alkanes of at least 4 members (excludes halogenated alkanes) is 1. The molecule has 0 aliphatic heterocycles. The van der Waals surface area contributed by atoms with Gasteiger partial charge in [0.1, 0.15) is 5.76 Å². The van der Waals surface area contributed by atoms with Gasteiger partial charge in [-0.1, -0.05) is 33.1 Å². The fraction of sp³-hybridized carbons (Fsp3) is 0.692. The summed E-state index contributed by atoms with van der Waals surface area (Å²) in [5, 5.41) is 3.57. The molecular formula is C13H22BrNO. The van der Waals surface area contributed by atoms with Crippen LogP contribution in [0.2, 0.25) is 0 Å². The van der Waals surface area contributed by atoms with E-state index in [0.29, 0.717) is 6.04 Å². The van der Waals surface area contributed by atoms with Crippen LogP contribution in [0.1, 0.15) is 51.7 Å². The van der Waals surface area contributed by atoms with Crippen LogP contribution in [-0.4, -0.2) is 6.04 Å². The summed E-state index contributed by atoms with van der Waals surface area (Å²) in [6.07, 6.45) is 6.34. The Bertz CT molecular complexity index is 285. The Kier molecular flexibility index (Phi) is 6.81. The van der Waals surface area contributed by atoms with Crippen LogP contribution in [0, 0.1) is 0 Å². The average Bonchev–Trinajstić information content (AvgIpc) is 2.68. The van der Waals surface area contributed by atoms with E-state index in [4.69, 9.17) is 4.42 Å². The molecule has 0 spiro atoms. The fourth-order valence-corrected chi connectivity index (χ4v) is 2.18. The highest BCUT2D eigenvalue weighted by atomic mass is 79.9. The number of furan rings is 1. The second-order valence-electron chi connectivity index (χ2n) is 4.21. The minimum absolute atomic E-state index is 0.633. The molecule has 1 atom stereocenters. The third kappa shape index (κ3) is 5.17. The summed E-state index contributed by atoms with van der Waals surface area (Å²) in [6, 6.07) is 4.59. The first-order valence-electron chi connectivity index (χ1n) is 6.23. The molecule has 0 amide bonds. The van der Waals surface area contributed by atoms with Crippen LogP contribution in [-0.2, 0) is 6.54 Å². The third-order valence-electron chi connectivity index (χ3n) is 2.74. The molecule has 1 heterocycles. The maximum Gasteiger partial charge on any atom is 0.169 e. The molecule has 0 radical (unpaired) electrons. The van der Waals surface area contributed by atoms with Crippen molar-refractivity contribution in [3.8, 4) is 0 Å². The lowest BCUT2D eigenvalue weighted by Crippen LogP contribution is -2.28. The standard InChI is InChI=1S/C13H22BrNO/c1-3-5-7-11(6-4-2)15-10-12-8-9-13(14)16-12/h8-9,11,15H,3-7,10H2,1-2H3. The van der Waals surface area contributed by atoms with Gasteiger partial charge in [0, 0.05) is 6.04 Å². The molecule has 0 aliphatic carbocycles. The molecule has 92 valence electrons. The Labute approximate surface area is 107 Å². The number of halogens is 1. The van der Waals surface area contributed by atoms with E-state index < -0.39 is 0 Å². The molecule has 0 saturated heterocycles. The molecule has 16 heavy (non-hydrogen) atoms. The summed E-state index contributed by atoms with van der Waals surface area (Å²) in [5.41, 5.74) is 0. The lowest BCUT2D eigenvalue weighted by Gasteiger charge is -2.16. The van der Waals surface area contributed by atoms with Crippen LogP contribution in [0.4, 0.5) is 0 Å². The highest BCUT2D eigenvalue weighted by Gasteiger charge is 2.07. The summed E-state index contributed by atoms with van der Waals surface area (Å²) < 4.78 is 6.28. The number of hydrogen-bond acceptors (Lipinski definition) is 2. The van der Waals surface area contributed by atoms with Crippen LogP contribution >= 0.6 is 15.9 Å². The molecule has 0 aromatic carbocycles. The van der Waals surface area contributed by atoms with Gasteiger partial charge in [0.2, 0.25) is 0 Å². The first-order chi connectivity index (χ1) is 7.76. The van der Waals surface area contributed by atoms with Gasteiger partial charge >= 0.3 is 0 Å². The molecule has 1 unspecified atom stereocenters. The Morgan fingerprint density at radius 3 is 2.62 bits per heavy atom. The van der Waals surface area contributed by atoms with Crippen LogP contribution in [0.25, 0.3) is 0 Å². The molecule has 1 N–H and O–H groups in total. The van der Waals surface area contributed by atoms with Crippen molar-refractivity contribution in [2.75, 3.05) is 0 Å². The minimum Gasteiger partial charge on any atom is -0.453 e. The van der Waals surface area contributed by atoms with Crippen LogP contribution in [0.3, 0.4) is 0 Å². The highest BCUT2D eigenvalue weighted by molar-refractivity contribution is 9.10. The van der Waals surface area contributed by atoms with E-state index in [1.54, 1.807) is 0 Å². The summed E-state index contributed by atoms with van der Waals surface area (Å²) in [6.45, 7) is 5.32.